The van der Waals surface area contributed by atoms with Crippen molar-refractivity contribution in [1.29, 1.82) is 0 Å². The topological polar surface area (TPSA) is 79.3 Å². The minimum Gasteiger partial charge on any atom is -0.351 e. The molecule has 2 atom stereocenters. The summed E-state index contributed by atoms with van der Waals surface area (Å²) in [5.74, 6) is 0. The van der Waals surface area contributed by atoms with Crippen LogP contribution in [0.25, 0.3) is 0 Å². The van der Waals surface area contributed by atoms with Crippen LogP contribution in [0.5, 0.6) is 0 Å². The second-order valence-corrected chi connectivity index (χ2v) is 11.3. The number of aryl methyl sites for hydroxylation is 1. The second kappa shape index (κ2) is 9.03. The van der Waals surface area contributed by atoms with Gasteiger partial charge >= 0.3 is 0 Å². The Bertz CT molecular complexity index is 1300. The lowest BCUT2D eigenvalue weighted by Gasteiger charge is -2.28. The van der Waals surface area contributed by atoms with E-state index in [2.05, 4.69) is 42.9 Å². The smallest absolute Gasteiger partial charge is 0.229 e. The fourth-order valence-electron chi connectivity index (χ4n) is 5.12. The zero-order valence-electron chi connectivity index (χ0n) is 19.3. The van der Waals surface area contributed by atoms with Crippen LogP contribution in [0.3, 0.4) is 0 Å². The molecule has 0 bridgehead atoms. The summed E-state index contributed by atoms with van der Waals surface area (Å²) in [6.45, 7) is 1.89. The molecule has 0 spiro atoms. The number of sulfonamides is 1. The Labute approximate surface area is 206 Å². The van der Waals surface area contributed by atoms with Crippen LogP contribution in [0, 0.1) is 6.92 Å². The van der Waals surface area contributed by atoms with E-state index in [1.165, 1.54) is 31.2 Å². The standard InChI is InChI=1S/C25H29N5O2S2/c1-17-15-20(10-11-21(17)28-34(2,31)32)30-24(18-12-14-29(16-18)19-7-3-4-8-19)23(27-25(30)33)22-9-5-6-13-26-22/h5-6,9-16,19,23-24,28H,3-4,7-8H2,1-2H3,(H,27,33)/t23-,24+/m0/s1. The van der Waals surface area contributed by atoms with Gasteiger partial charge in [-0.2, -0.15) is 0 Å². The molecule has 0 amide bonds. The highest BCUT2D eigenvalue weighted by Gasteiger charge is 2.41. The molecule has 3 heterocycles. The summed E-state index contributed by atoms with van der Waals surface area (Å²) in [5.41, 5.74) is 4.40. The Morgan fingerprint density at radius 1 is 1.15 bits per heavy atom. The van der Waals surface area contributed by atoms with E-state index in [0.717, 1.165) is 23.2 Å². The number of anilines is 2. The van der Waals surface area contributed by atoms with Crippen molar-refractivity contribution in [3.63, 3.8) is 0 Å². The van der Waals surface area contributed by atoms with Gasteiger partial charge in [0.1, 0.15) is 0 Å². The first-order chi connectivity index (χ1) is 16.3. The van der Waals surface area contributed by atoms with Crippen LogP contribution in [-0.4, -0.2) is 29.3 Å². The Morgan fingerprint density at radius 2 is 1.94 bits per heavy atom. The van der Waals surface area contributed by atoms with Crippen molar-refractivity contribution in [2.75, 3.05) is 15.9 Å². The fourth-order valence-corrected chi connectivity index (χ4v) is 6.09. The Kier molecular flexibility index (Phi) is 6.07. The van der Waals surface area contributed by atoms with Crippen molar-refractivity contribution in [2.24, 2.45) is 0 Å². The molecule has 34 heavy (non-hydrogen) atoms. The van der Waals surface area contributed by atoms with E-state index >= 15 is 0 Å². The maximum atomic E-state index is 11.7. The minimum absolute atomic E-state index is 0.0850. The molecule has 9 heteroatoms. The summed E-state index contributed by atoms with van der Waals surface area (Å²) in [6, 6.07) is 14.2. The number of rotatable bonds is 6. The summed E-state index contributed by atoms with van der Waals surface area (Å²) in [5, 5.41) is 4.12. The van der Waals surface area contributed by atoms with Crippen molar-refractivity contribution >= 4 is 38.7 Å². The lowest BCUT2D eigenvalue weighted by atomic mass is 9.98. The predicted molar refractivity (Wildman–Crippen MR) is 140 cm³/mol. The largest absolute Gasteiger partial charge is 0.351 e. The molecule has 1 saturated carbocycles. The van der Waals surface area contributed by atoms with E-state index in [0.29, 0.717) is 16.8 Å². The average molecular weight is 496 g/mol. The van der Waals surface area contributed by atoms with Gasteiger partial charge in [0.2, 0.25) is 10.0 Å². The molecule has 2 aliphatic rings. The van der Waals surface area contributed by atoms with Crippen LogP contribution in [0.4, 0.5) is 11.4 Å². The van der Waals surface area contributed by atoms with Crippen molar-refractivity contribution in [3.8, 4) is 0 Å². The summed E-state index contributed by atoms with van der Waals surface area (Å²) < 4.78 is 28.4. The lowest BCUT2D eigenvalue weighted by Crippen LogP contribution is -2.29. The molecule has 0 radical (unpaired) electrons. The van der Waals surface area contributed by atoms with Gasteiger partial charge in [-0.1, -0.05) is 18.9 Å². The summed E-state index contributed by atoms with van der Waals surface area (Å²) in [4.78, 5) is 6.75. The molecule has 1 aliphatic carbocycles. The molecule has 2 aromatic heterocycles. The molecule has 0 unspecified atom stereocenters. The maximum absolute atomic E-state index is 11.7. The fraction of sp³-hybridized carbons (Fsp3) is 0.360. The Morgan fingerprint density at radius 3 is 2.62 bits per heavy atom. The van der Waals surface area contributed by atoms with Gasteiger partial charge in [-0.3, -0.25) is 9.71 Å². The third kappa shape index (κ3) is 4.54. The molecular formula is C25H29N5O2S2. The van der Waals surface area contributed by atoms with Gasteiger partial charge in [0.25, 0.3) is 0 Å². The van der Waals surface area contributed by atoms with E-state index < -0.39 is 10.0 Å². The van der Waals surface area contributed by atoms with Gasteiger partial charge in [-0.05, 0) is 79.5 Å². The highest BCUT2D eigenvalue weighted by atomic mass is 32.2. The highest BCUT2D eigenvalue weighted by Crippen LogP contribution is 2.43. The molecule has 2 fully saturated rings. The first kappa shape index (κ1) is 22.9. The van der Waals surface area contributed by atoms with Crippen LogP contribution in [0.15, 0.2) is 61.1 Å². The number of hydrogen-bond donors (Lipinski definition) is 2. The summed E-state index contributed by atoms with van der Waals surface area (Å²) in [7, 11) is -3.36. The monoisotopic (exact) mass is 495 g/mol. The summed E-state index contributed by atoms with van der Waals surface area (Å²) >= 11 is 5.82. The van der Waals surface area contributed by atoms with E-state index in [-0.39, 0.29) is 12.1 Å². The van der Waals surface area contributed by atoms with Crippen molar-refractivity contribution in [3.05, 3.63) is 77.9 Å². The van der Waals surface area contributed by atoms with Crippen LogP contribution >= 0.6 is 12.2 Å². The van der Waals surface area contributed by atoms with Crippen LogP contribution in [-0.2, 0) is 10.0 Å². The van der Waals surface area contributed by atoms with Gasteiger partial charge in [0.15, 0.2) is 5.11 Å². The third-order valence-corrected chi connectivity index (χ3v) is 7.61. The quantitative estimate of drug-likeness (QED) is 0.476. The van der Waals surface area contributed by atoms with Gasteiger partial charge < -0.3 is 14.8 Å². The number of nitrogens with zero attached hydrogens (tertiary/aromatic N) is 3. The van der Waals surface area contributed by atoms with Crippen LogP contribution in [0.1, 0.15) is 60.6 Å². The molecule has 1 saturated heterocycles. The zero-order valence-corrected chi connectivity index (χ0v) is 20.9. The molecule has 7 nitrogen and oxygen atoms in total. The second-order valence-electron chi connectivity index (χ2n) is 9.20. The van der Waals surface area contributed by atoms with E-state index in [4.69, 9.17) is 12.2 Å². The van der Waals surface area contributed by atoms with Gasteiger partial charge in [0.05, 0.1) is 29.7 Å². The SMILES string of the molecule is Cc1cc(N2C(=S)N[C@@H](c3ccccn3)[C@H]2c2ccn(C3CCCC3)c2)ccc1NS(C)(=O)=O. The predicted octanol–water partition coefficient (Wildman–Crippen LogP) is 4.86. The number of nitrogens with one attached hydrogen (secondary N) is 2. The molecule has 2 N–H and O–H groups in total. The number of pyridine rings is 1. The highest BCUT2D eigenvalue weighted by molar-refractivity contribution is 7.92. The van der Waals surface area contributed by atoms with Crippen LogP contribution < -0.4 is 14.9 Å². The molecule has 1 aromatic carbocycles. The normalized spacial score (nSPS) is 21.1. The molecule has 1 aliphatic heterocycles. The molecule has 178 valence electrons. The first-order valence-electron chi connectivity index (χ1n) is 11.6. The number of aromatic nitrogens is 2. The first-order valence-corrected chi connectivity index (χ1v) is 13.9. The molecular weight excluding hydrogens is 466 g/mol. The van der Waals surface area contributed by atoms with Crippen molar-refractivity contribution in [1.82, 2.24) is 14.9 Å². The van der Waals surface area contributed by atoms with Crippen molar-refractivity contribution < 1.29 is 8.42 Å². The van der Waals surface area contributed by atoms with E-state index in [1.54, 1.807) is 12.3 Å². The maximum Gasteiger partial charge on any atom is 0.229 e. The van der Waals surface area contributed by atoms with Crippen molar-refractivity contribution in [2.45, 2.75) is 50.7 Å². The van der Waals surface area contributed by atoms with E-state index in [9.17, 15) is 8.42 Å². The molecule has 3 aromatic rings. The third-order valence-electron chi connectivity index (χ3n) is 6.71. The molecule has 5 rings (SSSR count). The van der Waals surface area contributed by atoms with Crippen LogP contribution in [0.2, 0.25) is 0 Å². The minimum atomic E-state index is -3.36. The van der Waals surface area contributed by atoms with E-state index in [1.807, 2.05) is 37.3 Å². The lowest BCUT2D eigenvalue weighted by molar-refractivity contribution is 0.515. The van der Waals surface area contributed by atoms with Gasteiger partial charge in [-0.15, -0.1) is 0 Å². The summed E-state index contributed by atoms with van der Waals surface area (Å²) in [6.07, 6.45) is 12.4. The Hall–Kier alpha value is -2.91. The number of hydrogen-bond acceptors (Lipinski definition) is 4. The number of benzene rings is 1. The van der Waals surface area contributed by atoms with Gasteiger partial charge in [0, 0.05) is 30.3 Å². The zero-order chi connectivity index (χ0) is 23.9. The van der Waals surface area contributed by atoms with Gasteiger partial charge in [-0.25, -0.2) is 8.42 Å². The average Bonchev–Trinajstić information content (AvgIpc) is 3.54. The number of thiocarbonyl (C=S) groups is 1. The Balaban J connectivity index is 1.55.